The van der Waals surface area contributed by atoms with E-state index in [0.29, 0.717) is 18.1 Å². The highest BCUT2D eigenvalue weighted by atomic mass is 16.5. The third-order valence-corrected chi connectivity index (χ3v) is 3.43. The van der Waals surface area contributed by atoms with E-state index in [-0.39, 0.29) is 0 Å². The minimum absolute atomic E-state index is 0.406. The molecule has 0 spiro atoms. The predicted octanol–water partition coefficient (Wildman–Crippen LogP) is 2.80. The smallest absolute Gasteiger partial charge is 0.0758 e. The van der Waals surface area contributed by atoms with Crippen LogP contribution < -0.4 is 5.32 Å². The maximum atomic E-state index is 5.85. The summed E-state index contributed by atoms with van der Waals surface area (Å²) in [7, 11) is 0. The van der Waals surface area contributed by atoms with Crippen molar-refractivity contribution in [2.24, 2.45) is 5.92 Å². The van der Waals surface area contributed by atoms with Gasteiger partial charge in [0, 0.05) is 25.5 Å². The molecule has 1 aromatic rings. The number of ether oxygens (including phenoxy) is 1. The van der Waals surface area contributed by atoms with E-state index < -0.39 is 0 Å². The molecule has 2 heterocycles. The van der Waals surface area contributed by atoms with Crippen molar-refractivity contribution < 1.29 is 4.74 Å². The van der Waals surface area contributed by atoms with Gasteiger partial charge in [-0.05, 0) is 43.9 Å². The average molecular weight is 250 g/mol. The van der Waals surface area contributed by atoms with Crippen LogP contribution in [-0.2, 0) is 17.8 Å². The first-order valence-electron chi connectivity index (χ1n) is 7.14. The number of rotatable bonds is 6. The summed E-state index contributed by atoms with van der Waals surface area (Å²) in [5, 5.41) is 3.47. The van der Waals surface area contributed by atoms with E-state index in [4.69, 9.17) is 4.74 Å². The Labute approximate surface area is 111 Å². The van der Waals surface area contributed by atoms with Gasteiger partial charge in [-0.15, -0.1) is 0 Å². The van der Waals surface area contributed by atoms with Crippen molar-refractivity contribution in [3.63, 3.8) is 0 Å². The van der Waals surface area contributed by atoms with Crippen LogP contribution in [-0.4, -0.2) is 23.3 Å². The Morgan fingerprint density at radius 2 is 2.28 bits per heavy atom. The van der Waals surface area contributed by atoms with Crippen LogP contribution in [0.15, 0.2) is 18.5 Å². The highest BCUT2D eigenvalue weighted by Crippen LogP contribution is 2.20. The second-order valence-electron chi connectivity index (χ2n) is 5.89. The van der Waals surface area contributed by atoms with Crippen LogP contribution in [0.3, 0.4) is 0 Å². The lowest BCUT2D eigenvalue weighted by molar-refractivity contribution is 0.0458. The lowest BCUT2D eigenvalue weighted by Crippen LogP contribution is -2.19. The molecule has 1 N–H and O–H groups in total. The van der Waals surface area contributed by atoms with Gasteiger partial charge in [-0.2, -0.15) is 0 Å². The van der Waals surface area contributed by atoms with Crippen molar-refractivity contribution in [2.45, 2.75) is 58.9 Å². The summed E-state index contributed by atoms with van der Waals surface area (Å²) in [6.45, 7) is 9.67. The Bertz CT molecular complexity index is 359. The molecular formula is C15H26N2O. The molecule has 0 aromatic carbocycles. The van der Waals surface area contributed by atoms with Crippen LogP contribution >= 0.6 is 0 Å². The normalized spacial score (nSPS) is 24.0. The van der Waals surface area contributed by atoms with Crippen molar-refractivity contribution in [3.05, 3.63) is 24.0 Å². The number of aromatic nitrogens is 1. The van der Waals surface area contributed by atoms with Gasteiger partial charge in [0.25, 0.3) is 0 Å². The van der Waals surface area contributed by atoms with E-state index in [1.165, 1.54) is 18.4 Å². The molecule has 3 heteroatoms. The zero-order valence-electron chi connectivity index (χ0n) is 11.9. The minimum Gasteiger partial charge on any atom is -0.373 e. The first-order valence-corrected chi connectivity index (χ1v) is 7.14. The van der Waals surface area contributed by atoms with Gasteiger partial charge in [0.15, 0.2) is 0 Å². The van der Waals surface area contributed by atoms with E-state index in [0.717, 1.165) is 19.6 Å². The van der Waals surface area contributed by atoms with Gasteiger partial charge in [-0.3, -0.25) is 0 Å². The van der Waals surface area contributed by atoms with Crippen LogP contribution in [0.1, 0.15) is 39.2 Å². The molecule has 1 aromatic heterocycles. The van der Waals surface area contributed by atoms with Gasteiger partial charge in [0.1, 0.15) is 0 Å². The third-order valence-electron chi connectivity index (χ3n) is 3.43. The Morgan fingerprint density at radius 1 is 1.44 bits per heavy atom. The molecule has 2 rings (SSSR count). The number of nitrogens with zero attached hydrogens (tertiary/aromatic N) is 1. The maximum Gasteiger partial charge on any atom is 0.0758 e. The van der Waals surface area contributed by atoms with Gasteiger partial charge in [-0.25, -0.2) is 0 Å². The fraction of sp³-hybridized carbons (Fsp3) is 0.733. The van der Waals surface area contributed by atoms with Crippen LogP contribution in [0, 0.1) is 5.92 Å². The fourth-order valence-electron chi connectivity index (χ4n) is 2.47. The summed E-state index contributed by atoms with van der Waals surface area (Å²) in [6.07, 6.45) is 7.65. The highest BCUT2D eigenvalue weighted by molar-refractivity contribution is 5.10. The SMILES string of the molecule is CC(C)CNCc1ccn(CC2CCC(C)O2)c1. The summed E-state index contributed by atoms with van der Waals surface area (Å²) in [4.78, 5) is 0. The standard InChI is InChI=1S/C15H26N2O/c1-12(2)8-16-9-14-6-7-17(10-14)11-15-5-4-13(3)18-15/h6-7,10,12-13,15-16H,4-5,8-9,11H2,1-3H3. The largest absolute Gasteiger partial charge is 0.373 e. The van der Waals surface area contributed by atoms with Crippen LogP contribution in [0.2, 0.25) is 0 Å². The lowest BCUT2D eigenvalue weighted by Gasteiger charge is -2.11. The van der Waals surface area contributed by atoms with Crippen molar-refractivity contribution >= 4 is 0 Å². The van der Waals surface area contributed by atoms with Gasteiger partial charge in [0.05, 0.1) is 12.2 Å². The Morgan fingerprint density at radius 3 is 2.94 bits per heavy atom. The predicted molar refractivity (Wildman–Crippen MR) is 74.5 cm³/mol. The van der Waals surface area contributed by atoms with Crippen LogP contribution in [0.4, 0.5) is 0 Å². The highest BCUT2D eigenvalue weighted by Gasteiger charge is 2.21. The molecule has 18 heavy (non-hydrogen) atoms. The van der Waals surface area contributed by atoms with Crippen molar-refractivity contribution in [1.82, 2.24) is 9.88 Å². The molecule has 3 nitrogen and oxygen atoms in total. The van der Waals surface area contributed by atoms with E-state index in [1.54, 1.807) is 0 Å². The summed E-state index contributed by atoms with van der Waals surface area (Å²) in [5.41, 5.74) is 1.36. The number of nitrogens with one attached hydrogen (secondary N) is 1. The van der Waals surface area contributed by atoms with Crippen LogP contribution in [0.5, 0.6) is 0 Å². The minimum atomic E-state index is 0.406. The molecule has 102 valence electrons. The molecule has 1 aliphatic heterocycles. The maximum absolute atomic E-state index is 5.85. The summed E-state index contributed by atoms with van der Waals surface area (Å²) < 4.78 is 8.11. The quantitative estimate of drug-likeness (QED) is 0.840. The summed E-state index contributed by atoms with van der Waals surface area (Å²) in [5.74, 6) is 0.709. The Hall–Kier alpha value is -0.800. The van der Waals surface area contributed by atoms with E-state index in [9.17, 15) is 0 Å². The average Bonchev–Trinajstić information content (AvgIpc) is 2.89. The topological polar surface area (TPSA) is 26.2 Å². The molecule has 0 radical (unpaired) electrons. The summed E-state index contributed by atoms with van der Waals surface area (Å²) in [6, 6.07) is 2.20. The molecule has 0 aliphatic carbocycles. The molecule has 0 saturated carbocycles. The zero-order valence-corrected chi connectivity index (χ0v) is 11.9. The fourth-order valence-corrected chi connectivity index (χ4v) is 2.47. The Kier molecular flexibility index (Phi) is 4.84. The van der Waals surface area contributed by atoms with Gasteiger partial charge < -0.3 is 14.6 Å². The van der Waals surface area contributed by atoms with Crippen molar-refractivity contribution in [3.8, 4) is 0 Å². The molecule has 1 aliphatic rings. The Balaban J connectivity index is 1.75. The zero-order chi connectivity index (χ0) is 13.0. The molecule has 0 bridgehead atoms. The van der Waals surface area contributed by atoms with E-state index in [2.05, 4.69) is 49.1 Å². The van der Waals surface area contributed by atoms with E-state index in [1.807, 2.05) is 0 Å². The lowest BCUT2D eigenvalue weighted by atomic mass is 10.2. The number of hydrogen-bond acceptors (Lipinski definition) is 2. The van der Waals surface area contributed by atoms with Gasteiger partial charge in [0.2, 0.25) is 0 Å². The second kappa shape index (κ2) is 6.39. The van der Waals surface area contributed by atoms with Gasteiger partial charge >= 0.3 is 0 Å². The second-order valence-corrected chi connectivity index (χ2v) is 5.89. The number of hydrogen-bond donors (Lipinski definition) is 1. The van der Waals surface area contributed by atoms with Crippen molar-refractivity contribution in [1.29, 1.82) is 0 Å². The molecular weight excluding hydrogens is 224 g/mol. The van der Waals surface area contributed by atoms with Crippen LogP contribution in [0.25, 0.3) is 0 Å². The summed E-state index contributed by atoms with van der Waals surface area (Å²) >= 11 is 0. The van der Waals surface area contributed by atoms with Crippen molar-refractivity contribution in [2.75, 3.05) is 6.54 Å². The molecule has 1 saturated heterocycles. The monoisotopic (exact) mass is 250 g/mol. The first kappa shape index (κ1) is 13.6. The van der Waals surface area contributed by atoms with Gasteiger partial charge in [-0.1, -0.05) is 13.8 Å². The molecule has 2 atom stereocenters. The first-order chi connectivity index (χ1) is 8.63. The molecule has 1 fully saturated rings. The van der Waals surface area contributed by atoms with E-state index >= 15 is 0 Å². The molecule has 0 amide bonds. The third kappa shape index (κ3) is 4.14. The molecule has 2 unspecified atom stereocenters.